The molecule has 0 amide bonds. The molecule has 2 rings (SSSR count). The minimum Gasteiger partial charge on any atom is -0.365 e. The number of nitrogens with one attached hydrogen (secondary N) is 1. The van der Waals surface area contributed by atoms with Crippen molar-refractivity contribution in [3.05, 3.63) is 37.9 Å². The smallest absolute Gasteiger partial charge is 0.137 e. The largest absolute Gasteiger partial charge is 0.365 e. The van der Waals surface area contributed by atoms with Gasteiger partial charge in [0.1, 0.15) is 16.8 Å². The van der Waals surface area contributed by atoms with Gasteiger partial charge in [-0.05, 0) is 32.4 Å². The van der Waals surface area contributed by atoms with Crippen LogP contribution in [0.25, 0.3) is 0 Å². The van der Waals surface area contributed by atoms with E-state index in [2.05, 4.69) is 56.0 Å². The summed E-state index contributed by atoms with van der Waals surface area (Å²) in [7, 11) is 0. The van der Waals surface area contributed by atoms with E-state index in [4.69, 9.17) is 11.6 Å². The third-order valence-electron chi connectivity index (χ3n) is 3.40. The summed E-state index contributed by atoms with van der Waals surface area (Å²) < 4.78 is 0. The van der Waals surface area contributed by atoms with Gasteiger partial charge in [0.2, 0.25) is 0 Å². The molecule has 114 valence electrons. The van der Waals surface area contributed by atoms with Gasteiger partial charge in [0.05, 0.1) is 6.54 Å². The minimum atomic E-state index is -0.121. The lowest BCUT2D eigenvalue weighted by Gasteiger charge is -2.19. The normalized spacial score (nSPS) is 11.8. The molecule has 0 aromatic carbocycles. The van der Waals surface area contributed by atoms with Gasteiger partial charge < -0.3 is 5.32 Å². The topological polar surface area (TPSA) is 37.8 Å². The summed E-state index contributed by atoms with van der Waals surface area (Å²) in [6, 6.07) is 2.22. The molecule has 0 saturated carbocycles. The summed E-state index contributed by atoms with van der Waals surface area (Å²) >= 11 is 8.06. The number of anilines is 1. The van der Waals surface area contributed by atoms with Gasteiger partial charge in [0.15, 0.2) is 0 Å². The Bertz CT molecular complexity index is 637. The number of thiophene rings is 1. The van der Waals surface area contributed by atoms with Gasteiger partial charge in [-0.1, -0.05) is 32.4 Å². The SMILES string of the molecule is Cc1cc(CNc2nc(C(C)(C)C)nc(Cl)c2C)sc1C. The zero-order valence-corrected chi connectivity index (χ0v) is 15.0. The van der Waals surface area contributed by atoms with Crippen molar-refractivity contribution in [1.82, 2.24) is 9.97 Å². The highest BCUT2D eigenvalue weighted by Gasteiger charge is 2.20. The average Bonchev–Trinajstić information content (AvgIpc) is 2.69. The van der Waals surface area contributed by atoms with Crippen molar-refractivity contribution >= 4 is 28.8 Å². The Kier molecular flexibility index (Phi) is 4.59. The fourth-order valence-corrected chi connectivity index (χ4v) is 3.07. The second-order valence-electron chi connectivity index (χ2n) is 6.37. The highest BCUT2D eigenvalue weighted by atomic mass is 35.5. The predicted molar refractivity (Wildman–Crippen MR) is 91.6 cm³/mol. The second-order valence-corrected chi connectivity index (χ2v) is 8.07. The first-order valence-corrected chi connectivity index (χ1v) is 8.22. The summed E-state index contributed by atoms with van der Waals surface area (Å²) in [6.07, 6.45) is 0. The van der Waals surface area contributed by atoms with E-state index in [1.54, 1.807) is 0 Å². The Morgan fingerprint density at radius 2 is 1.86 bits per heavy atom. The first-order chi connectivity index (χ1) is 9.68. The molecule has 0 spiro atoms. The zero-order valence-electron chi connectivity index (χ0n) is 13.5. The Morgan fingerprint density at radius 1 is 1.19 bits per heavy atom. The lowest BCUT2D eigenvalue weighted by Crippen LogP contribution is -2.18. The summed E-state index contributed by atoms with van der Waals surface area (Å²) in [5.41, 5.74) is 2.11. The van der Waals surface area contributed by atoms with Crippen molar-refractivity contribution in [1.29, 1.82) is 0 Å². The molecule has 0 bridgehead atoms. The lowest BCUT2D eigenvalue weighted by atomic mass is 9.95. The van der Waals surface area contributed by atoms with Crippen LogP contribution in [0, 0.1) is 20.8 Å². The quantitative estimate of drug-likeness (QED) is 0.805. The summed E-state index contributed by atoms with van der Waals surface area (Å²) in [6.45, 7) is 13.3. The Hall–Kier alpha value is -1.13. The van der Waals surface area contributed by atoms with Crippen LogP contribution in [0.5, 0.6) is 0 Å². The van der Waals surface area contributed by atoms with Crippen molar-refractivity contribution in [3.63, 3.8) is 0 Å². The van der Waals surface area contributed by atoms with Gasteiger partial charge in [0, 0.05) is 20.7 Å². The molecule has 0 aliphatic rings. The number of rotatable bonds is 3. The Balaban J connectivity index is 2.25. The van der Waals surface area contributed by atoms with Crippen molar-refractivity contribution in [2.24, 2.45) is 0 Å². The molecule has 5 heteroatoms. The van der Waals surface area contributed by atoms with E-state index in [0.29, 0.717) is 5.15 Å². The molecular weight excluding hydrogens is 302 g/mol. The number of aromatic nitrogens is 2. The van der Waals surface area contributed by atoms with E-state index in [1.807, 2.05) is 18.3 Å². The number of hydrogen-bond acceptors (Lipinski definition) is 4. The Labute approximate surface area is 135 Å². The fraction of sp³-hybridized carbons (Fsp3) is 0.500. The fourth-order valence-electron chi connectivity index (χ4n) is 1.90. The van der Waals surface area contributed by atoms with Crippen LogP contribution < -0.4 is 5.32 Å². The molecule has 0 atom stereocenters. The van der Waals surface area contributed by atoms with Crippen molar-refractivity contribution in [2.75, 3.05) is 5.32 Å². The van der Waals surface area contributed by atoms with Crippen LogP contribution in [0.4, 0.5) is 5.82 Å². The van der Waals surface area contributed by atoms with Crippen LogP contribution in [0.1, 0.15) is 47.5 Å². The minimum absolute atomic E-state index is 0.121. The van der Waals surface area contributed by atoms with Crippen LogP contribution in [-0.2, 0) is 12.0 Å². The molecule has 0 fully saturated rings. The van der Waals surface area contributed by atoms with Gasteiger partial charge in [-0.25, -0.2) is 9.97 Å². The molecule has 2 aromatic heterocycles. The number of halogens is 1. The molecule has 0 saturated heterocycles. The van der Waals surface area contributed by atoms with Crippen LogP contribution in [0.15, 0.2) is 6.07 Å². The van der Waals surface area contributed by atoms with E-state index in [0.717, 1.165) is 23.8 Å². The highest BCUT2D eigenvalue weighted by molar-refractivity contribution is 7.12. The second kappa shape index (κ2) is 5.93. The summed E-state index contributed by atoms with van der Waals surface area (Å²) in [4.78, 5) is 11.7. The molecule has 3 nitrogen and oxygen atoms in total. The molecule has 1 N–H and O–H groups in total. The van der Waals surface area contributed by atoms with Gasteiger partial charge in [0.25, 0.3) is 0 Å². The van der Waals surface area contributed by atoms with Crippen LogP contribution >= 0.6 is 22.9 Å². The van der Waals surface area contributed by atoms with Crippen LogP contribution in [-0.4, -0.2) is 9.97 Å². The van der Waals surface area contributed by atoms with Gasteiger partial charge in [-0.3, -0.25) is 0 Å². The molecule has 0 unspecified atom stereocenters. The van der Waals surface area contributed by atoms with E-state index in [1.165, 1.54) is 15.3 Å². The first-order valence-electron chi connectivity index (χ1n) is 7.03. The first kappa shape index (κ1) is 16.2. The maximum atomic E-state index is 6.25. The zero-order chi connectivity index (χ0) is 15.8. The van der Waals surface area contributed by atoms with Gasteiger partial charge in [-0.2, -0.15) is 0 Å². The van der Waals surface area contributed by atoms with Crippen LogP contribution in [0.3, 0.4) is 0 Å². The molecule has 0 aliphatic carbocycles. The molecule has 0 aliphatic heterocycles. The van der Waals surface area contributed by atoms with Crippen LogP contribution in [0.2, 0.25) is 5.15 Å². The highest BCUT2D eigenvalue weighted by Crippen LogP contribution is 2.27. The van der Waals surface area contributed by atoms with Gasteiger partial charge >= 0.3 is 0 Å². The molecular formula is C16H22ClN3S. The summed E-state index contributed by atoms with van der Waals surface area (Å²) in [5, 5.41) is 3.92. The van der Waals surface area contributed by atoms with Gasteiger partial charge in [-0.15, -0.1) is 11.3 Å². The van der Waals surface area contributed by atoms with Crippen molar-refractivity contribution in [3.8, 4) is 0 Å². The number of hydrogen-bond donors (Lipinski definition) is 1. The molecule has 21 heavy (non-hydrogen) atoms. The molecule has 0 radical (unpaired) electrons. The maximum absolute atomic E-state index is 6.25. The Morgan fingerprint density at radius 3 is 2.38 bits per heavy atom. The number of aryl methyl sites for hydroxylation is 2. The lowest BCUT2D eigenvalue weighted by molar-refractivity contribution is 0.545. The van der Waals surface area contributed by atoms with E-state index >= 15 is 0 Å². The summed E-state index contributed by atoms with van der Waals surface area (Å²) in [5.74, 6) is 1.59. The third-order valence-corrected chi connectivity index (χ3v) is 4.92. The molecule has 2 aromatic rings. The molecule has 2 heterocycles. The third kappa shape index (κ3) is 3.74. The van der Waals surface area contributed by atoms with E-state index < -0.39 is 0 Å². The monoisotopic (exact) mass is 323 g/mol. The van der Waals surface area contributed by atoms with Crippen molar-refractivity contribution < 1.29 is 0 Å². The predicted octanol–water partition coefficient (Wildman–Crippen LogP) is 5.03. The van der Waals surface area contributed by atoms with E-state index in [-0.39, 0.29) is 5.41 Å². The maximum Gasteiger partial charge on any atom is 0.137 e. The van der Waals surface area contributed by atoms with E-state index in [9.17, 15) is 0 Å². The van der Waals surface area contributed by atoms with Crippen molar-refractivity contribution in [2.45, 2.75) is 53.5 Å². The standard InChI is InChI=1S/C16H22ClN3S/c1-9-7-12(21-11(9)3)8-18-14-10(2)13(17)19-15(20-14)16(4,5)6/h7H,8H2,1-6H3,(H,18,19,20). The number of nitrogens with zero attached hydrogens (tertiary/aromatic N) is 2. The average molecular weight is 324 g/mol.